The van der Waals surface area contributed by atoms with Crippen LogP contribution < -0.4 is 0 Å². The van der Waals surface area contributed by atoms with Gasteiger partial charge in [0.05, 0.1) is 6.54 Å². The molecule has 0 aliphatic carbocycles. The van der Waals surface area contributed by atoms with Crippen LogP contribution in [-0.2, 0) is 0 Å². The molecule has 1 aliphatic rings. The van der Waals surface area contributed by atoms with Gasteiger partial charge in [-0.3, -0.25) is 9.69 Å². The lowest BCUT2D eigenvalue weighted by molar-refractivity contribution is 0.0756. The fourth-order valence-corrected chi connectivity index (χ4v) is 3.06. The third kappa shape index (κ3) is 3.44. The molecule has 0 saturated carbocycles. The number of piperidine rings is 1. The number of carbonyl (C=O) groups is 1. The second-order valence-electron chi connectivity index (χ2n) is 5.77. The molecule has 1 saturated heterocycles. The molecule has 1 aromatic carbocycles. The monoisotopic (exact) mass is 259 g/mol. The number of rotatable bonds is 5. The van der Waals surface area contributed by atoms with Crippen molar-refractivity contribution in [3.05, 3.63) is 35.9 Å². The van der Waals surface area contributed by atoms with Crippen molar-refractivity contribution in [2.75, 3.05) is 19.6 Å². The zero-order valence-corrected chi connectivity index (χ0v) is 12.2. The summed E-state index contributed by atoms with van der Waals surface area (Å²) >= 11 is 0. The Bertz CT molecular complexity index is 399. The van der Waals surface area contributed by atoms with Crippen LogP contribution in [0.1, 0.15) is 49.9 Å². The number of likely N-dealkylation sites (tertiary alicyclic amines) is 1. The molecule has 0 N–H and O–H groups in total. The number of carbonyl (C=O) groups excluding carboxylic acids is 1. The van der Waals surface area contributed by atoms with Crippen LogP contribution in [0.4, 0.5) is 0 Å². The van der Waals surface area contributed by atoms with Gasteiger partial charge in [0.1, 0.15) is 0 Å². The van der Waals surface area contributed by atoms with Crippen molar-refractivity contribution >= 4 is 5.78 Å². The van der Waals surface area contributed by atoms with Gasteiger partial charge in [0.2, 0.25) is 0 Å². The molecule has 0 bridgehead atoms. The van der Waals surface area contributed by atoms with Crippen LogP contribution in [0.15, 0.2) is 30.3 Å². The third-order valence-electron chi connectivity index (χ3n) is 4.88. The Morgan fingerprint density at radius 1 is 1.11 bits per heavy atom. The van der Waals surface area contributed by atoms with Crippen LogP contribution >= 0.6 is 0 Å². The van der Waals surface area contributed by atoms with Crippen molar-refractivity contribution in [1.29, 1.82) is 0 Å². The van der Waals surface area contributed by atoms with E-state index in [9.17, 15) is 4.79 Å². The van der Waals surface area contributed by atoms with Gasteiger partial charge in [-0.1, -0.05) is 57.0 Å². The lowest BCUT2D eigenvalue weighted by atomic mass is 9.74. The number of nitrogens with zero attached hydrogens (tertiary/aromatic N) is 1. The molecule has 1 fully saturated rings. The summed E-state index contributed by atoms with van der Waals surface area (Å²) in [5.41, 5.74) is 1.37. The summed E-state index contributed by atoms with van der Waals surface area (Å²) in [5.74, 6) is 0.251. The molecule has 104 valence electrons. The minimum atomic E-state index is 0.251. The highest BCUT2D eigenvalue weighted by Crippen LogP contribution is 2.37. The Kier molecular flexibility index (Phi) is 4.76. The first-order chi connectivity index (χ1) is 9.19. The van der Waals surface area contributed by atoms with Gasteiger partial charge < -0.3 is 0 Å². The predicted molar refractivity (Wildman–Crippen MR) is 79.5 cm³/mol. The lowest BCUT2D eigenvalue weighted by Gasteiger charge is -2.40. The van der Waals surface area contributed by atoms with Gasteiger partial charge >= 0.3 is 0 Å². The summed E-state index contributed by atoms with van der Waals surface area (Å²) in [6.07, 6.45) is 5.01. The van der Waals surface area contributed by atoms with Crippen molar-refractivity contribution < 1.29 is 4.79 Å². The summed E-state index contributed by atoms with van der Waals surface area (Å²) in [5, 5.41) is 0. The molecule has 2 heteroatoms. The molecule has 0 spiro atoms. The number of hydrogen-bond donors (Lipinski definition) is 0. The van der Waals surface area contributed by atoms with E-state index in [1.807, 2.05) is 30.3 Å². The second kappa shape index (κ2) is 6.33. The summed E-state index contributed by atoms with van der Waals surface area (Å²) in [6.45, 7) is 7.32. The molecular formula is C17H25NO. The first kappa shape index (κ1) is 14.3. The maximum Gasteiger partial charge on any atom is 0.176 e. The highest BCUT2D eigenvalue weighted by atomic mass is 16.1. The summed E-state index contributed by atoms with van der Waals surface area (Å²) in [6, 6.07) is 9.64. The van der Waals surface area contributed by atoms with Gasteiger partial charge in [-0.25, -0.2) is 0 Å². The SMILES string of the molecule is CCC1(CC)CCN(CC(=O)c2ccccc2)CC1. The van der Waals surface area contributed by atoms with Crippen molar-refractivity contribution in [1.82, 2.24) is 4.90 Å². The predicted octanol–water partition coefficient (Wildman–Crippen LogP) is 3.77. The zero-order valence-electron chi connectivity index (χ0n) is 12.2. The highest BCUT2D eigenvalue weighted by molar-refractivity contribution is 5.97. The fourth-order valence-electron chi connectivity index (χ4n) is 3.06. The molecule has 1 aromatic rings. The van der Waals surface area contributed by atoms with Crippen LogP contribution in [0.25, 0.3) is 0 Å². The van der Waals surface area contributed by atoms with Crippen LogP contribution in [-0.4, -0.2) is 30.3 Å². The summed E-state index contributed by atoms with van der Waals surface area (Å²) in [4.78, 5) is 14.5. The number of Topliss-reactive ketones (excluding diaryl/α,β-unsaturated/α-hetero) is 1. The minimum Gasteiger partial charge on any atom is -0.296 e. The van der Waals surface area contributed by atoms with Crippen LogP contribution in [0, 0.1) is 5.41 Å². The van der Waals surface area contributed by atoms with Gasteiger partial charge in [-0.15, -0.1) is 0 Å². The molecule has 0 radical (unpaired) electrons. The smallest absolute Gasteiger partial charge is 0.176 e. The van der Waals surface area contributed by atoms with Crippen molar-refractivity contribution in [3.63, 3.8) is 0 Å². The maximum absolute atomic E-state index is 12.2. The van der Waals surface area contributed by atoms with Gasteiger partial charge in [-0.2, -0.15) is 0 Å². The molecule has 2 nitrogen and oxygen atoms in total. The molecule has 0 unspecified atom stereocenters. The Labute approximate surface area is 116 Å². The quantitative estimate of drug-likeness (QED) is 0.750. The van der Waals surface area contributed by atoms with Crippen molar-refractivity contribution in [3.8, 4) is 0 Å². The Morgan fingerprint density at radius 3 is 2.21 bits per heavy atom. The summed E-state index contributed by atoms with van der Waals surface area (Å²) in [7, 11) is 0. The van der Waals surface area contributed by atoms with Crippen LogP contribution in [0.2, 0.25) is 0 Å². The van der Waals surface area contributed by atoms with E-state index in [0.29, 0.717) is 12.0 Å². The van der Waals surface area contributed by atoms with E-state index in [-0.39, 0.29) is 5.78 Å². The van der Waals surface area contributed by atoms with E-state index in [0.717, 1.165) is 18.7 Å². The topological polar surface area (TPSA) is 20.3 Å². The molecule has 2 rings (SSSR count). The van der Waals surface area contributed by atoms with Crippen LogP contribution in [0.5, 0.6) is 0 Å². The lowest BCUT2D eigenvalue weighted by Crippen LogP contribution is -2.41. The molecule has 0 atom stereocenters. The molecule has 19 heavy (non-hydrogen) atoms. The molecular weight excluding hydrogens is 234 g/mol. The zero-order chi connectivity index (χ0) is 13.7. The standard InChI is InChI=1S/C17H25NO/c1-3-17(4-2)10-12-18(13-11-17)14-16(19)15-8-6-5-7-9-15/h5-9H,3-4,10-14H2,1-2H3. The maximum atomic E-state index is 12.2. The van der Waals surface area contributed by atoms with Gasteiger partial charge in [-0.05, 0) is 31.3 Å². The van der Waals surface area contributed by atoms with Gasteiger partial charge in [0.25, 0.3) is 0 Å². The molecule has 0 aromatic heterocycles. The largest absolute Gasteiger partial charge is 0.296 e. The third-order valence-corrected chi connectivity index (χ3v) is 4.88. The number of ketones is 1. The Balaban J connectivity index is 1.88. The average molecular weight is 259 g/mol. The first-order valence-corrected chi connectivity index (χ1v) is 7.50. The van der Waals surface area contributed by atoms with Gasteiger partial charge in [0, 0.05) is 5.56 Å². The second-order valence-corrected chi connectivity index (χ2v) is 5.77. The Hall–Kier alpha value is -1.15. The number of hydrogen-bond acceptors (Lipinski definition) is 2. The molecule has 1 aliphatic heterocycles. The molecule has 0 amide bonds. The van der Waals surface area contributed by atoms with Gasteiger partial charge in [0.15, 0.2) is 5.78 Å². The molecule has 1 heterocycles. The van der Waals surface area contributed by atoms with E-state index in [4.69, 9.17) is 0 Å². The summed E-state index contributed by atoms with van der Waals surface area (Å²) < 4.78 is 0. The average Bonchev–Trinajstić information content (AvgIpc) is 2.49. The van der Waals surface area contributed by atoms with E-state index < -0.39 is 0 Å². The van der Waals surface area contributed by atoms with E-state index in [1.54, 1.807) is 0 Å². The fraction of sp³-hybridized carbons (Fsp3) is 0.588. The van der Waals surface area contributed by atoms with Crippen molar-refractivity contribution in [2.45, 2.75) is 39.5 Å². The van der Waals surface area contributed by atoms with Crippen LogP contribution in [0.3, 0.4) is 0 Å². The Morgan fingerprint density at radius 2 is 1.68 bits per heavy atom. The minimum absolute atomic E-state index is 0.251. The van der Waals surface area contributed by atoms with Crippen molar-refractivity contribution in [2.24, 2.45) is 5.41 Å². The first-order valence-electron chi connectivity index (χ1n) is 7.50. The van der Waals surface area contributed by atoms with E-state index >= 15 is 0 Å². The van der Waals surface area contributed by atoms with E-state index in [2.05, 4.69) is 18.7 Å². The van der Waals surface area contributed by atoms with E-state index in [1.165, 1.54) is 25.7 Å². The highest BCUT2D eigenvalue weighted by Gasteiger charge is 2.31. The normalized spacial score (nSPS) is 19.3. The number of benzene rings is 1.